The number of amides is 4. The van der Waals surface area contributed by atoms with Crippen LogP contribution in [-0.2, 0) is 19.2 Å². The molecule has 0 unspecified atom stereocenters. The standard InChI is InChI=1S/C14H16N2O4/c17-9-4-3-8(12(18)15-9)16-13(19)10-6-1-2-7(5-6)11(10)14(16)20/h6-8,10-11H,1-5H2,(H,15,17,18)/t6-,7+,8-,10+,11+/m1/s1. The molecule has 106 valence electrons. The van der Waals surface area contributed by atoms with Crippen LogP contribution in [0.2, 0.25) is 0 Å². The molecule has 4 rings (SSSR count). The topological polar surface area (TPSA) is 83.6 Å². The third-order valence-corrected chi connectivity index (χ3v) is 5.48. The second-order valence-corrected chi connectivity index (χ2v) is 6.40. The number of carbonyl (C=O) groups is 4. The maximum Gasteiger partial charge on any atom is 0.249 e. The van der Waals surface area contributed by atoms with Crippen molar-refractivity contribution in [3.05, 3.63) is 0 Å². The van der Waals surface area contributed by atoms with E-state index < -0.39 is 11.9 Å². The minimum Gasteiger partial charge on any atom is -0.295 e. The lowest BCUT2D eigenvalue weighted by molar-refractivity contribution is -0.152. The summed E-state index contributed by atoms with van der Waals surface area (Å²) in [6.45, 7) is 0. The number of piperidine rings is 1. The largest absolute Gasteiger partial charge is 0.295 e. The molecule has 0 aromatic rings. The maximum atomic E-state index is 12.6. The van der Waals surface area contributed by atoms with Gasteiger partial charge in [0.15, 0.2) is 0 Å². The number of nitrogens with one attached hydrogen (secondary N) is 1. The smallest absolute Gasteiger partial charge is 0.249 e. The van der Waals surface area contributed by atoms with Gasteiger partial charge in [-0.1, -0.05) is 0 Å². The molecule has 2 saturated carbocycles. The van der Waals surface area contributed by atoms with E-state index in [-0.39, 0.29) is 42.4 Å². The van der Waals surface area contributed by atoms with Crippen LogP contribution in [0.4, 0.5) is 0 Å². The molecule has 0 spiro atoms. The summed E-state index contributed by atoms with van der Waals surface area (Å²) < 4.78 is 0. The molecule has 2 aliphatic carbocycles. The first-order valence-corrected chi connectivity index (χ1v) is 7.28. The third kappa shape index (κ3) is 1.39. The number of hydrogen-bond acceptors (Lipinski definition) is 4. The first kappa shape index (κ1) is 12.1. The van der Waals surface area contributed by atoms with Gasteiger partial charge in [0.05, 0.1) is 11.8 Å². The summed E-state index contributed by atoms with van der Waals surface area (Å²) in [7, 11) is 0. The predicted molar refractivity (Wildman–Crippen MR) is 65.8 cm³/mol. The van der Waals surface area contributed by atoms with Gasteiger partial charge in [0.25, 0.3) is 0 Å². The highest BCUT2D eigenvalue weighted by Crippen LogP contribution is 2.56. The average Bonchev–Trinajstić information content (AvgIpc) is 3.06. The summed E-state index contributed by atoms with van der Waals surface area (Å²) in [6.07, 6.45) is 3.48. The zero-order valence-corrected chi connectivity index (χ0v) is 11.0. The van der Waals surface area contributed by atoms with E-state index in [9.17, 15) is 19.2 Å². The van der Waals surface area contributed by atoms with Crippen LogP contribution in [0.1, 0.15) is 32.1 Å². The van der Waals surface area contributed by atoms with Crippen molar-refractivity contribution in [1.82, 2.24) is 10.2 Å². The van der Waals surface area contributed by atoms with Crippen molar-refractivity contribution in [1.29, 1.82) is 0 Å². The first-order valence-electron chi connectivity index (χ1n) is 7.28. The molecule has 6 nitrogen and oxygen atoms in total. The normalized spacial score (nSPS) is 43.2. The Morgan fingerprint density at radius 3 is 2.05 bits per heavy atom. The Balaban J connectivity index is 1.64. The molecule has 20 heavy (non-hydrogen) atoms. The Morgan fingerprint density at radius 2 is 1.50 bits per heavy atom. The van der Waals surface area contributed by atoms with Crippen LogP contribution in [0.15, 0.2) is 0 Å². The molecular weight excluding hydrogens is 260 g/mol. The fourth-order valence-electron chi connectivity index (χ4n) is 4.67. The summed E-state index contributed by atoms with van der Waals surface area (Å²) >= 11 is 0. The van der Waals surface area contributed by atoms with Gasteiger partial charge in [0.1, 0.15) is 6.04 Å². The SMILES string of the molecule is O=C1CC[C@@H](N2C(=O)[C@H]3[C@@H]4CC[C@@H](C4)[C@@H]3C2=O)C(=O)N1. The van der Waals surface area contributed by atoms with Gasteiger partial charge in [-0.25, -0.2) is 0 Å². The van der Waals surface area contributed by atoms with Gasteiger partial charge in [-0.3, -0.25) is 29.4 Å². The van der Waals surface area contributed by atoms with Gasteiger partial charge in [-0.05, 0) is 37.5 Å². The van der Waals surface area contributed by atoms with Crippen LogP contribution in [0.25, 0.3) is 0 Å². The van der Waals surface area contributed by atoms with Gasteiger partial charge in [0, 0.05) is 6.42 Å². The number of rotatable bonds is 1. The minimum atomic E-state index is -0.780. The molecule has 5 atom stereocenters. The molecule has 2 bridgehead atoms. The number of imide groups is 2. The van der Waals surface area contributed by atoms with Gasteiger partial charge in [0.2, 0.25) is 23.6 Å². The lowest BCUT2D eigenvalue weighted by atomic mass is 9.81. The van der Waals surface area contributed by atoms with Gasteiger partial charge < -0.3 is 0 Å². The zero-order chi connectivity index (χ0) is 14.0. The highest BCUT2D eigenvalue weighted by molar-refractivity contribution is 6.11. The Morgan fingerprint density at radius 1 is 0.900 bits per heavy atom. The fourth-order valence-corrected chi connectivity index (χ4v) is 4.67. The third-order valence-electron chi connectivity index (χ3n) is 5.48. The summed E-state index contributed by atoms with van der Waals surface area (Å²) in [5.41, 5.74) is 0. The molecular formula is C14H16N2O4. The van der Waals surface area contributed by atoms with Crippen molar-refractivity contribution < 1.29 is 19.2 Å². The summed E-state index contributed by atoms with van der Waals surface area (Å²) in [5.74, 6) is -0.956. The Labute approximate surface area is 115 Å². The highest BCUT2D eigenvalue weighted by atomic mass is 16.2. The molecule has 1 N–H and O–H groups in total. The second-order valence-electron chi connectivity index (χ2n) is 6.40. The lowest BCUT2D eigenvalue weighted by Gasteiger charge is -2.29. The molecule has 2 saturated heterocycles. The summed E-state index contributed by atoms with van der Waals surface area (Å²) in [6, 6.07) is -0.780. The Bertz CT molecular complexity index is 515. The van der Waals surface area contributed by atoms with Gasteiger partial charge in [-0.15, -0.1) is 0 Å². The number of fused-ring (bicyclic) bond motifs is 5. The van der Waals surface area contributed by atoms with Crippen molar-refractivity contribution in [3.63, 3.8) is 0 Å². The van der Waals surface area contributed by atoms with E-state index in [1.54, 1.807) is 0 Å². The van der Waals surface area contributed by atoms with Crippen LogP contribution in [0.5, 0.6) is 0 Å². The first-order chi connectivity index (χ1) is 9.58. The Hall–Kier alpha value is -1.72. The van der Waals surface area contributed by atoms with Crippen molar-refractivity contribution >= 4 is 23.6 Å². The van der Waals surface area contributed by atoms with Crippen LogP contribution in [-0.4, -0.2) is 34.6 Å². The van der Waals surface area contributed by atoms with E-state index >= 15 is 0 Å². The van der Waals surface area contributed by atoms with E-state index in [4.69, 9.17) is 0 Å². The van der Waals surface area contributed by atoms with E-state index in [1.165, 1.54) is 4.90 Å². The van der Waals surface area contributed by atoms with Crippen molar-refractivity contribution in [2.24, 2.45) is 23.7 Å². The molecule has 6 heteroatoms. The molecule has 0 radical (unpaired) electrons. The van der Waals surface area contributed by atoms with Crippen LogP contribution in [0.3, 0.4) is 0 Å². The van der Waals surface area contributed by atoms with Crippen LogP contribution in [0, 0.1) is 23.7 Å². The molecule has 4 aliphatic rings. The van der Waals surface area contributed by atoms with E-state index in [0.717, 1.165) is 19.3 Å². The molecule has 4 fully saturated rings. The van der Waals surface area contributed by atoms with Crippen molar-refractivity contribution in [2.75, 3.05) is 0 Å². The molecule has 4 amide bonds. The molecule has 0 aromatic heterocycles. The van der Waals surface area contributed by atoms with Crippen molar-refractivity contribution in [2.45, 2.75) is 38.1 Å². The second kappa shape index (κ2) is 3.90. The van der Waals surface area contributed by atoms with Crippen LogP contribution >= 0.6 is 0 Å². The van der Waals surface area contributed by atoms with E-state index in [2.05, 4.69) is 5.32 Å². The summed E-state index contributed by atoms with van der Waals surface area (Å²) in [5, 5.41) is 2.23. The zero-order valence-electron chi connectivity index (χ0n) is 11.0. The van der Waals surface area contributed by atoms with E-state index in [0.29, 0.717) is 11.8 Å². The lowest BCUT2D eigenvalue weighted by Crippen LogP contribution is -2.54. The predicted octanol–water partition coefficient (Wildman–Crippen LogP) is -0.177. The van der Waals surface area contributed by atoms with E-state index in [1.807, 2.05) is 0 Å². The maximum absolute atomic E-state index is 12.6. The van der Waals surface area contributed by atoms with Gasteiger partial charge in [-0.2, -0.15) is 0 Å². The highest BCUT2D eigenvalue weighted by Gasteiger charge is 2.62. The fraction of sp³-hybridized carbons (Fsp3) is 0.714. The molecule has 2 heterocycles. The van der Waals surface area contributed by atoms with Gasteiger partial charge >= 0.3 is 0 Å². The minimum absolute atomic E-state index is 0.179. The number of nitrogens with zero attached hydrogens (tertiary/aromatic N) is 1. The molecule has 2 aliphatic heterocycles. The average molecular weight is 276 g/mol. The number of likely N-dealkylation sites (tertiary alicyclic amines) is 1. The Kier molecular flexibility index (Phi) is 2.35. The quantitative estimate of drug-likeness (QED) is 0.674. The van der Waals surface area contributed by atoms with Crippen molar-refractivity contribution in [3.8, 4) is 0 Å². The monoisotopic (exact) mass is 276 g/mol. The summed E-state index contributed by atoms with van der Waals surface area (Å²) in [4.78, 5) is 49.4. The molecule has 0 aromatic carbocycles. The van der Waals surface area contributed by atoms with Crippen LogP contribution < -0.4 is 5.32 Å². The number of carbonyl (C=O) groups excluding carboxylic acids is 4. The number of hydrogen-bond donors (Lipinski definition) is 1.